The smallest absolute Gasteiger partial charge is 0.267 e. The molecule has 0 aliphatic rings. The van der Waals surface area contributed by atoms with E-state index in [9.17, 15) is 13.5 Å². The molecule has 0 unspecified atom stereocenters. The molecule has 0 radical (unpaired) electrons. The summed E-state index contributed by atoms with van der Waals surface area (Å²) in [5.74, 6) is -0.0168. The van der Waals surface area contributed by atoms with Gasteiger partial charge in [-0.25, -0.2) is 8.42 Å². The maximum absolute atomic E-state index is 12.4. The molecule has 0 amide bonds. The summed E-state index contributed by atoms with van der Waals surface area (Å²) in [5, 5.41) is 9.49. The highest BCUT2D eigenvalue weighted by Crippen LogP contribution is 2.27. The Morgan fingerprint density at radius 3 is 2.68 bits per heavy atom. The van der Waals surface area contributed by atoms with Gasteiger partial charge in [0.1, 0.15) is 10.6 Å². The Morgan fingerprint density at radius 1 is 1.32 bits per heavy atom. The van der Waals surface area contributed by atoms with Crippen molar-refractivity contribution in [2.45, 2.75) is 4.90 Å². The molecule has 1 N–H and O–H groups in total. The number of phenols is 1. The largest absolute Gasteiger partial charge is 0.508 e. The molecule has 5 nitrogen and oxygen atoms in total. The fraction of sp³-hybridized carbons (Fsp3) is 0.0833. The second-order valence-electron chi connectivity index (χ2n) is 3.80. The molecule has 2 aromatic rings. The maximum atomic E-state index is 12.4. The molecule has 1 aromatic carbocycles. The number of nitrogens with zero attached hydrogens (tertiary/aromatic N) is 2. The molecule has 1 heterocycles. The Labute approximate surface area is 116 Å². The number of hydrogen-bond acceptors (Lipinski definition) is 4. The molecular formula is C12H11ClN2O3S. The predicted octanol–water partition coefficient (Wildman–Crippen LogP) is 2.27. The van der Waals surface area contributed by atoms with E-state index in [4.69, 9.17) is 11.6 Å². The fourth-order valence-electron chi connectivity index (χ4n) is 1.53. The molecule has 0 bridgehead atoms. The third kappa shape index (κ3) is 2.64. The van der Waals surface area contributed by atoms with Gasteiger partial charge in [0.2, 0.25) is 0 Å². The average Bonchev–Trinajstić information content (AvgIpc) is 2.38. The van der Waals surface area contributed by atoms with Gasteiger partial charge in [0, 0.05) is 25.5 Å². The number of aromatic hydroxyl groups is 1. The minimum absolute atomic E-state index is 0.0168. The van der Waals surface area contributed by atoms with Crippen LogP contribution in [0.15, 0.2) is 47.6 Å². The number of pyridine rings is 1. The van der Waals surface area contributed by atoms with Crippen LogP contribution in [-0.4, -0.2) is 25.6 Å². The Kier molecular flexibility index (Phi) is 3.64. The molecule has 0 saturated heterocycles. The van der Waals surface area contributed by atoms with Crippen molar-refractivity contribution in [2.24, 2.45) is 0 Å². The number of halogens is 1. The molecule has 19 heavy (non-hydrogen) atoms. The lowest BCUT2D eigenvalue weighted by Crippen LogP contribution is -2.26. The van der Waals surface area contributed by atoms with Gasteiger partial charge in [0.05, 0.1) is 10.7 Å². The number of rotatable bonds is 3. The Hall–Kier alpha value is -1.79. The van der Waals surface area contributed by atoms with Gasteiger partial charge in [-0.1, -0.05) is 17.7 Å². The van der Waals surface area contributed by atoms with Crippen LogP contribution >= 0.6 is 11.6 Å². The number of sulfonamides is 1. The summed E-state index contributed by atoms with van der Waals surface area (Å²) < 4.78 is 25.8. The van der Waals surface area contributed by atoms with Crippen LogP contribution in [0.3, 0.4) is 0 Å². The van der Waals surface area contributed by atoms with Crippen molar-refractivity contribution >= 4 is 27.3 Å². The van der Waals surface area contributed by atoms with Gasteiger partial charge in [-0.3, -0.25) is 9.29 Å². The summed E-state index contributed by atoms with van der Waals surface area (Å²) in [6.07, 6.45) is 2.60. The van der Waals surface area contributed by atoms with E-state index in [2.05, 4.69) is 4.98 Å². The standard InChI is InChI=1S/C12H11ClN2O3S/c1-15(9-3-2-4-10(16)7-9)19(17,18)12-8-14-6-5-11(12)13/h2-8,16H,1H3. The van der Waals surface area contributed by atoms with E-state index in [0.717, 1.165) is 4.31 Å². The van der Waals surface area contributed by atoms with Crippen molar-refractivity contribution in [3.63, 3.8) is 0 Å². The minimum atomic E-state index is -3.81. The quantitative estimate of drug-likeness (QED) is 0.943. The second-order valence-corrected chi connectivity index (χ2v) is 6.14. The van der Waals surface area contributed by atoms with Gasteiger partial charge >= 0.3 is 0 Å². The van der Waals surface area contributed by atoms with E-state index in [-0.39, 0.29) is 15.7 Å². The molecule has 7 heteroatoms. The maximum Gasteiger partial charge on any atom is 0.267 e. The molecule has 1 aromatic heterocycles. The molecular weight excluding hydrogens is 288 g/mol. The van der Waals surface area contributed by atoms with Gasteiger partial charge in [-0.15, -0.1) is 0 Å². The normalized spacial score (nSPS) is 11.3. The SMILES string of the molecule is CN(c1cccc(O)c1)S(=O)(=O)c1cnccc1Cl. The molecule has 100 valence electrons. The molecule has 0 spiro atoms. The van der Waals surface area contributed by atoms with E-state index in [1.807, 2.05) is 0 Å². The lowest BCUT2D eigenvalue weighted by molar-refractivity contribution is 0.475. The van der Waals surface area contributed by atoms with Crippen molar-refractivity contribution < 1.29 is 13.5 Å². The monoisotopic (exact) mass is 298 g/mol. The fourth-order valence-corrected chi connectivity index (χ4v) is 3.12. The number of anilines is 1. The summed E-state index contributed by atoms with van der Waals surface area (Å²) in [4.78, 5) is 3.68. The van der Waals surface area contributed by atoms with E-state index in [0.29, 0.717) is 5.69 Å². The molecule has 2 rings (SSSR count). The van der Waals surface area contributed by atoms with E-state index in [1.54, 1.807) is 12.1 Å². The summed E-state index contributed by atoms with van der Waals surface area (Å²) in [5.41, 5.74) is 0.333. The lowest BCUT2D eigenvalue weighted by atomic mass is 10.3. The first-order valence-electron chi connectivity index (χ1n) is 5.30. The van der Waals surface area contributed by atoms with Crippen molar-refractivity contribution in [3.05, 3.63) is 47.7 Å². The molecule has 0 fully saturated rings. The minimum Gasteiger partial charge on any atom is -0.508 e. The van der Waals surface area contributed by atoms with Crippen molar-refractivity contribution in [3.8, 4) is 5.75 Å². The first kappa shape index (κ1) is 13.6. The van der Waals surface area contributed by atoms with Crippen LogP contribution in [0.1, 0.15) is 0 Å². The third-order valence-electron chi connectivity index (χ3n) is 2.57. The molecule has 0 atom stereocenters. The Morgan fingerprint density at radius 2 is 2.05 bits per heavy atom. The topological polar surface area (TPSA) is 70.5 Å². The predicted molar refractivity (Wildman–Crippen MR) is 72.9 cm³/mol. The number of benzene rings is 1. The summed E-state index contributed by atoms with van der Waals surface area (Å²) in [7, 11) is -2.43. The second kappa shape index (κ2) is 5.07. The number of hydrogen-bond donors (Lipinski definition) is 1. The summed E-state index contributed by atoms with van der Waals surface area (Å²) >= 11 is 5.88. The van der Waals surface area contributed by atoms with Crippen molar-refractivity contribution in [1.29, 1.82) is 0 Å². The third-order valence-corrected chi connectivity index (χ3v) is 4.82. The first-order chi connectivity index (χ1) is 8.93. The van der Waals surface area contributed by atoms with Gasteiger partial charge < -0.3 is 5.11 Å². The van der Waals surface area contributed by atoms with E-state index >= 15 is 0 Å². The van der Waals surface area contributed by atoms with E-state index in [1.165, 1.54) is 37.6 Å². The average molecular weight is 299 g/mol. The number of aromatic nitrogens is 1. The molecule has 0 aliphatic carbocycles. The zero-order valence-corrected chi connectivity index (χ0v) is 11.6. The van der Waals surface area contributed by atoms with Crippen LogP contribution in [0.4, 0.5) is 5.69 Å². The van der Waals surface area contributed by atoms with Crippen LogP contribution in [0, 0.1) is 0 Å². The lowest BCUT2D eigenvalue weighted by Gasteiger charge is -2.19. The van der Waals surface area contributed by atoms with Gasteiger partial charge in [0.15, 0.2) is 0 Å². The van der Waals surface area contributed by atoms with E-state index < -0.39 is 10.0 Å². The van der Waals surface area contributed by atoms with Crippen LogP contribution in [-0.2, 0) is 10.0 Å². The Balaban J connectivity index is 2.49. The van der Waals surface area contributed by atoms with Crippen molar-refractivity contribution in [1.82, 2.24) is 4.98 Å². The summed E-state index contributed by atoms with van der Waals surface area (Å²) in [6.45, 7) is 0. The first-order valence-corrected chi connectivity index (χ1v) is 7.12. The highest BCUT2D eigenvalue weighted by Gasteiger charge is 2.24. The van der Waals surface area contributed by atoms with Gasteiger partial charge in [-0.05, 0) is 18.2 Å². The van der Waals surface area contributed by atoms with Crippen molar-refractivity contribution in [2.75, 3.05) is 11.4 Å². The molecule has 0 aliphatic heterocycles. The highest BCUT2D eigenvalue weighted by atomic mass is 35.5. The van der Waals surface area contributed by atoms with Crippen LogP contribution in [0.5, 0.6) is 5.75 Å². The van der Waals surface area contributed by atoms with Crippen LogP contribution in [0.25, 0.3) is 0 Å². The summed E-state index contributed by atoms with van der Waals surface area (Å²) in [6, 6.07) is 7.34. The van der Waals surface area contributed by atoms with Crippen LogP contribution in [0.2, 0.25) is 5.02 Å². The van der Waals surface area contributed by atoms with Gasteiger partial charge in [-0.2, -0.15) is 0 Å². The number of phenolic OH excluding ortho intramolecular Hbond substituents is 1. The highest BCUT2D eigenvalue weighted by molar-refractivity contribution is 7.93. The zero-order chi connectivity index (χ0) is 14.0. The molecule has 0 saturated carbocycles. The Bertz CT molecular complexity index is 704. The van der Waals surface area contributed by atoms with Crippen LogP contribution < -0.4 is 4.31 Å². The van der Waals surface area contributed by atoms with Gasteiger partial charge in [0.25, 0.3) is 10.0 Å². The zero-order valence-electron chi connectivity index (χ0n) is 9.99.